The van der Waals surface area contributed by atoms with Crippen LogP contribution in [0.25, 0.3) is 0 Å². The van der Waals surface area contributed by atoms with Gasteiger partial charge in [-0.25, -0.2) is 13.6 Å². The molecule has 0 unspecified atom stereocenters. The average molecular weight is 323 g/mol. The SMILES string of the molecule is O=C1CN(c2ccc(C(=O)N3CCC(F)(F)CC3)cc2)C(=O)N1. The molecule has 8 heteroatoms. The van der Waals surface area contributed by atoms with E-state index in [0.717, 1.165) is 0 Å². The molecule has 2 fully saturated rings. The summed E-state index contributed by atoms with van der Waals surface area (Å²) in [6, 6.07) is 5.67. The Morgan fingerprint density at radius 1 is 1.09 bits per heavy atom. The van der Waals surface area contributed by atoms with Gasteiger partial charge in [0.2, 0.25) is 5.91 Å². The summed E-state index contributed by atoms with van der Waals surface area (Å²) in [6.07, 6.45) is -0.653. The van der Waals surface area contributed by atoms with E-state index in [9.17, 15) is 23.2 Å². The Kier molecular flexibility index (Phi) is 3.75. The summed E-state index contributed by atoms with van der Waals surface area (Å²) in [5.41, 5.74) is 0.861. The van der Waals surface area contributed by atoms with Crippen LogP contribution in [0.2, 0.25) is 0 Å². The molecule has 0 saturated carbocycles. The Bertz CT molecular complexity index is 650. The van der Waals surface area contributed by atoms with E-state index in [4.69, 9.17) is 0 Å². The molecule has 0 radical (unpaired) electrons. The number of alkyl halides is 2. The minimum absolute atomic E-state index is 0.0244. The molecule has 0 aliphatic carbocycles. The summed E-state index contributed by atoms with van der Waals surface area (Å²) in [4.78, 5) is 37.7. The molecule has 1 aromatic carbocycles. The zero-order valence-corrected chi connectivity index (χ0v) is 12.2. The third-order valence-electron chi connectivity index (χ3n) is 4.00. The van der Waals surface area contributed by atoms with Gasteiger partial charge in [0, 0.05) is 37.2 Å². The molecule has 0 atom stereocenters. The van der Waals surface area contributed by atoms with Crippen LogP contribution < -0.4 is 10.2 Å². The number of imide groups is 1. The van der Waals surface area contributed by atoms with Crippen LogP contribution in [0.5, 0.6) is 0 Å². The van der Waals surface area contributed by atoms with Crippen LogP contribution >= 0.6 is 0 Å². The van der Waals surface area contributed by atoms with Crippen LogP contribution in [-0.2, 0) is 4.79 Å². The standard InChI is InChI=1S/C15H15F2N3O3/c16-15(17)5-7-19(8-6-15)13(22)10-1-3-11(4-2-10)20-9-12(21)18-14(20)23/h1-4H,5-9H2,(H,18,21,23). The number of carbonyl (C=O) groups is 3. The van der Waals surface area contributed by atoms with Gasteiger partial charge in [-0.2, -0.15) is 0 Å². The second-order valence-corrected chi connectivity index (χ2v) is 5.63. The van der Waals surface area contributed by atoms with E-state index >= 15 is 0 Å². The van der Waals surface area contributed by atoms with Crippen LogP contribution in [-0.4, -0.2) is 48.3 Å². The molecule has 3 rings (SSSR count). The van der Waals surface area contributed by atoms with Crippen LogP contribution in [0.15, 0.2) is 24.3 Å². The normalized spacial score (nSPS) is 20.6. The third-order valence-corrected chi connectivity index (χ3v) is 4.00. The van der Waals surface area contributed by atoms with E-state index in [1.807, 2.05) is 0 Å². The van der Waals surface area contributed by atoms with Gasteiger partial charge in [-0.1, -0.05) is 0 Å². The fourth-order valence-electron chi connectivity index (χ4n) is 2.65. The van der Waals surface area contributed by atoms with Gasteiger partial charge >= 0.3 is 6.03 Å². The molecule has 1 aromatic rings. The second-order valence-electron chi connectivity index (χ2n) is 5.63. The number of benzene rings is 1. The van der Waals surface area contributed by atoms with Crippen molar-refractivity contribution in [2.24, 2.45) is 0 Å². The third kappa shape index (κ3) is 3.15. The number of hydrogen-bond acceptors (Lipinski definition) is 3. The van der Waals surface area contributed by atoms with Gasteiger partial charge in [0.15, 0.2) is 0 Å². The quantitative estimate of drug-likeness (QED) is 0.841. The molecule has 122 valence electrons. The summed E-state index contributed by atoms with van der Waals surface area (Å²) < 4.78 is 26.3. The van der Waals surface area contributed by atoms with Gasteiger partial charge in [-0.05, 0) is 24.3 Å². The molecule has 2 saturated heterocycles. The van der Waals surface area contributed by atoms with Crippen molar-refractivity contribution in [3.8, 4) is 0 Å². The van der Waals surface area contributed by atoms with Gasteiger partial charge < -0.3 is 4.90 Å². The predicted octanol–water partition coefficient (Wildman–Crippen LogP) is 1.61. The van der Waals surface area contributed by atoms with Crippen LogP contribution in [0, 0.1) is 0 Å². The van der Waals surface area contributed by atoms with E-state index in [1.54, 1.807) is 12.1 Å². The Labute approximate surface area is 131 Å². The largest absolute Gasteiger partial charge is 0.338 e. The first kappa shape index (κ1) is 15.4. The van der Waals surface area contributed by atoms with Crippen LogP contribution in [0.4, 0.5) is 19.3 Å². The van der Waals surface area contributed by atoms with Crippen molar-refractivity contribution in [3.63, 3.8) is 0 Å². The molecule has 6 nitrogen and oxygen atoms in total. The topological polar surface area (TPSA) is 69.7 Å². The van der Waals surface area contributed by atoms with Crippen molar-refractivity contribution < 1.29 is 23.2 Å². The summed E-state index contributed by atoms with van der Waals surface area (Å²) in [5.74, 6) is -3.39. The zero-order chi connectivity index (χ0) is 16.6. The number of carbonyl (C=O) groups excluding carboxylic acids is 3. The molecule has 2 heterocycles. The monoisotopic (exact) mass is 323 g/mol. The van der Waals surface area contributed by atoms with Gasteiger partial charge in [-0.15, -0.1) is 0 Å². The Balaban J connectivity index is 1.69. The predicted molar refractivity (Wildman–Crippen MR) is 77.4 cm³/mol. The smallest absolute Gasteiger partial charge is 0.329 e. The van der Waals surface area contributed by atoms with E-state index < -0.39 is 12.0 Å². The number of hydrogen-bond donors (Lipinski definition) is 1. The van der Waals surface area contributed by atoms with Crippen molar-refractivity contribution in [3.05, 3.63) is 29.8 Å². The van der Waals surface area contributed by atoms with Gasteiger partial charge in [0.05, 0.1) is 0 Å². The lowest BCUT2D eigenvalue weighted by molar-refractivity contribution is -0.117. The summed E-state index contributed by atoms with van der Waals surface area (Å²) >= 11 is 0. The molecule has 4 amide bonds. The first-order valence-corrected chi connectivity index (χ1v) is 7.24. The molecular weight excluding hydrogens is 308 g/mol. The number of rotatable bonds is 2. The number of amides is 4. The van der Waals surface area contributed by atoms with Crippen LogP contribution in [0.1, 0.15) is 23.2 Å². The van der Waals surface area contributed by atoms with Crippen molar-refractivity contribution in [1.29, 1.82) is 0 Å². The fourth-order valence-corrected chi connectivity index (χ4v) is 2.65. The Morgan fingerprint density at radius 2 is 1.70 bits per heavy atom. The Hall–Kier alpha value is -2.51. The molecule has 23 heavy (non-hydrogen) atoms. The lowest BCUT2D eigenvalue weighted by Crippen LogP contribution is -2.42. The molecule has 1 N–H and O–H groups in total. The van der Waals surface area contributed by atoms with E-state index in [1.165, 1.54) is 21.9 Å². The molecule has 2 aliphatic rings. The summed E-state index contributed by atoms with van der Waals surface area (Å²) in [6.45, 7) is -0.0133. The highest BCUT2D eigenvalue weighted by Crippen LogP contribution is 2.28. The minimum Gasteiger partial charge on any atom is -0.338 e. The highest BCUT2D eigenvalue weighted by Gasteiger charge is 2.35. The maximum absolute atomic E-state index is 13.1. The summed E-state index contributed by atoms with van der Waals surface area (Å²) in [7, 11) is 0. The van der Waals surface area contributed by atoms with Gasteiger partial charge in [-0.3, -0.25) is 19.8 Å². The number of nitrogens with zero attached hydrogens (tertiary/aromatic N) is 2. The number of nitrogens with one attached hydrogen (secondary N) is 1. The highest BCUT2D eigenvalue weighted by atomic mass is 19.3. The second kappa shape index (κ2) is 5.60. The molecule has 0 aromatic heterocycles. The molecule has 2 aliphatic heterocycles. The number of anilines is 1. The number of piperidine rings is 1. The average Bonchev–Trinajstić information content (AvgIpc) is 2.85. The number of urea groups is 1. The maximum Gasteiger partial charge on any atom is 0.329 e. The van der Waals surface area contributed by atoms with E-state index in [2.05, 4.69) is 5.32 Å². The summed E-state index contributed by atoms with van der Waals surface area (Å²) in [5, 5.41) is 2.16. The van der Waals surface area contributed by atoms with E-state index in [0.29, 0.717) is 11.3 Å². The first-order chi connectivity index (χ1) is 10.9. The molecular formula is C15H15F2N3O3. The van der Waals surface area contributed by atoms with Crippen molar-refractivity contribution in [1.82, 2.24) is 10.2 Å². The van der Waals surface area contributed by atoms with Gasteiger partial charge in [0.25, 0.3) is 11.8 Å². The van der Waals surface area contributed by atoms with Crippen molar-refractivity contribution >= 4 is 23.5 Å². The number of halogens is 2. The first-order valence-electron chi connectivity index (χ1n) is 7.24. The van der Waals surface area contributed by atoms with Gasteiger partial charge in [0.1, 0.15) is 6.54 Å². The highest BCUT2D eigenvalue weighted by molar-refractivity contribution is 6.12. The lowest BCUT2D eigenvalue weighted by Gasteiger charge is -2.31. The molecule has 0 bridgehead atoms. The fraction of sp³-hybridized carbons (Fsp3) is 0.400. The molecule has 0 spiro atoms. The van der Waals surface area contributed by atoms with Crippen molar-refractivity contribution in [2.75, 3.05) is 24.5 Å². The number of likely N-dealkylation sites (tertiary alicyclic amines) is 1. The van der Waals surface area contributed by atoms with Crippen molar-refractivity contribution in [2.45, 2.75) is 18.8 Å². The maximum atomic E-state index is 13.1. The Morgan fingerprint density at radius 3 is 2.22 bits per heavy atom. The minimum atomic E-state index is -2.70. The lowest BCUT2D eigenvalue weighted by atomic mass is 10.1. The van der Waals surface area contributed by atoms with Crippen LogP contribution in [0.3, 0.4) is 0 Å². The zero-order valence-electron chi connectivity index (χ0n) is 12.2. The van der Waals surface area contributed by atoms with E-state index in [-0.39, 0.29) is 44.3 Å².